The molecule has 3 fully saturated rings. The van der Waals surface area contributed by atoms with E-state index >= 15 is 0 Å². The van der Waals surface area contributed by atoms with E-state index in [-0.39, 0.29) is 25.3 Å². The lowest BCUT2D eigenvalue weighted by molar-refractivity contribution is -0.139. The molecule has 0 bridgehead atoms. The molecule has 4 heterocycles. The summed E-state index contributed by atoms with van der Waals surface area (Å²) in [7, 11) is -2.37. The smallest absolute Gasteiger partial charge is 0.259 e. The van der Waals surface area contributed by atoms with Crippen LogP contribution in [0.4, 0.5) is 5.13 Å². The van der Waals surface area contributed by atoms with Gasteiger partial charge in [0, 0.05) is 38.2 Å². The van der Waals surface area contributed by atoms with Gasteiger partial charge in [0.2, 0.25) is 27.7 Å². The second-order valence-electron chi connectivity index (χ2n) is 15.0. The largest absolute Gasteiger partial charge is 0.494 e. The molecule has 302 valence electrons. The van der Waals surface area contributed by atoms with Gasteiger partial charge in [0.1, 0.15) is 29.5 Å². The van der Waals surface area contributed by atoms with E-state index < -0.39 is 62.6 Å². The van der Waals surface area contributed by atoms with E-state index in [1.165, 1.54) is 35.6 Å². The van der Waals surface area contributed by atoms with Crippen molar-refractivity contribution in [1.82, 2.24) is 24.9 Å². The number of sulfonamides is 1. The minimum Gasteiger partial charge on any atom is -0.494 e. The van der Waals surface area contributed by atoms with Crippen LogP contribution in [0.5, 0.6) is 11.6 Å². The van der Waals surface area contributed by atoms with E-state index in [9.17, 15) is 22.8 Å². The summed E-state index contributed by atoms with van der Waals surface area (Å²) >= 11 is 9.38. The average molecular weight is 861 g/mol. The monoisotopic (exact) mass is 860 g/mol. The van der Waals surface area contributed by atoms with Crippen molar-refractivity contribution in [2.45, 2.75) is 68.5 Å². The van der Waals surface area contributed by atoms with Crippen molar-refractivity contribution in [3.8, 4) is 22.2 Å². The Hall–Kier alpha value is -5.03. The number of aromatic nitrogens is 2. The third-order valence-electron chi connectivity index (χ3n) is 11.0. The first-order chi connectivity index (χ1) is 27.7. The van der Waals surface area contributed by atoms with Crippen LogP contribution in [0.25, 0.3) is 31.4 Å². The van der Waals surface area contributed by atoms with Crippen molar-refractivity contribution in [2.75, 3.05) is 19.0 Å². The average Bonchev–Trinajstić information content (AvgIpc) is 4.05. The van der Waals surface area contributed by atoms with Crippen LogP contribution < -0.4 is 24.8 Å². The number of pyridine rings is 1. The number of rotatable bonds is 14. The fourth-order valence-electron chi connectivity index (χ4n) is 7.52. The molecular formula is C41H41ClN6O7S3. The maximum atomic E-state index is 14.7. The van der Waals surface area contributed by atoms with E-state index in [0.29, 0.717) is 45.1 Å². The number of anilines is 1. The molecule has 0 spiro atoms. The summed E-state index contributed by atoms with van der Waals surface area (Å²) in [5, 5.41) is 10.8. The van der Waals surface area contributed by atoms with Crippen LogP contribution >= 0.6 is 34.3 Å². The summed E-state index contributed by atoms with van der Waals surface area (Å²) in [4.78, 5) is 54.5. The second kappa shape index (κ2) is 15.3. The van der Waals surface area contributed by atoms with Gasteiger partial charge >= 0.3 is 0 Å². The van der Waals surface area contributed by atoms with Crippen molar-refractivity contribution in [3.63, 3.8) is 0 Å². The molecule has 3 aromatic heterocycles. The predicted octanol–water partition coefficient (Wildman–Crippen LogP) is 6.62. The summed E-state index contributed by atoms with van der Waals surface area (Å²) in [6, 6.07) is 11.3. The van der Waals surface area contributed by atoms with Crippen molar-refractivity contribution in [1.29, 1.82) is 0 Å². The topological polar surface area (TPSA) is 169 Å². The Morgan fingerprint density at radius 1 is 1.14 bits per heavy atom. The molecule has 13 nitrogen and oxygen atoms in total. The number of amides is 3. The van der Waals surface area contributed by atoms with E-state index in [0.717, 1.165) is 26.2 Å². The predicted molar refractivity (Wildman–Crippen MR) is 227 cm³/mol. The van der Waals surface area contributed by atoms with Crippen LogP contribution in [0.1, 0.15) is 38.2 Å². The molecule has 2 saturated carbocycles. The number of nitrogens with one attached hydrogen (secondary N) is 3. The molecule has 2 aliphatic carbocycles. The van der Waals surface area contributed by atoms with E-state index in [1.807, 2.05) is 17.5 Å². The van der Waals surface area contributed by atoms with Gasteiger partial charge in [-0.25, -0.2) is 18.4 Å². The first kappa shape index (κ1) is 39.8. The van der Waals surface area contributed by atoms with Crippen molar-refractivity contribution >= 4 is 88.0 Å². The Morgan fingerprint density at radius 3 is 2.60 bits per heavy atom. The maximum Gasteiger partial charge on any atom is 0.259 e. The van der Waals surface area contributed by atoms with Gasteiger partial charge in [0.15, 0.2) is 5.13 Å². The number of nitrogens with zero attached hydrogens (tertiary/aromatic N) is 3. The van der Waals surface area contributed by atoms with Crippen LogP contribution in [-0.4, -0.2) is 83.6 Å². The summed E-state index contributed by atoms with van der Waals surface area (Å²) < 4.78 is 40.8. The molecule has 3 aliphatic rings. The summed E-state index contributed by atoms with van der Waals surface area (Å²) in [5.74, 6) is -1.71. The number of hydrogen-bond acceptors (Lipinski definition) is 12. The fraction of sp³-hybridized carbons (Fsp3) is 0.341. The van der Waals surface area contributed by atoms with Crippen LogP contribution in [0.3, 0.4) is 0 Å². The molecular weight excluding hydrogens is 820 g/mol. The first-order valence-electron chi connectivity index (χ1n) is 18.7. The molecule has 17 heteroatoms. The number of carbonyl (C=O) groups excluding carboxylic acids is 3. The molecule has 0 unspecified atom stereocenters. The number of likely N-dealkylation sites (tertiary alicyclic amines) is 1. The Bertz CT molecular complexity index is 2620. The Balaban J connectivity index is 1.08. The lowest BCUT2D eigenvalue weighted by Crippen LogP contribution is -2.57. The van der Waals surface area contributed by atoms with Gasteiger partial charge in [0.25, 0.3) is 5.91 Å². The van der Waals surface area contributed by atoms with Gasteiger partial charge in [-0.2, -0.15) is 0 Å². The number of halogens is 1. The number of fused-ring (bicyclic) bond motifs is 2. The standard InChI is InChI=1S/C41H41ClN6O7S3/c1-6-23-17-41(23,39(51)47-58(52,53)26-12-13-26)46-36(49)31-16-25(55-37-29-15-24(42)11-14-28(29)32(54-5)18-43-37)19-48(31)38(50)34(21(2)3)45-40-44-30(20-56-40)35-22(4)27-9-7-8-10-33(27)57-35/h6-11,14-15,18,20,23,25-26,31,34H,1-2,12-13,16-17,19H2,3-5H3,(H,44,45)(H,46,49)(H,47,51)/t23-,25-,31+,34+,41-/m1/s1. The Kier molecular flexibility index (Phi) is 10.5. The minimum absolute atomic E-state index is 0.0254. The van der Waals surface area contributed by atoms with Gasteiger partial charge in [-0.3, -0.25) is 19.1 Å². The van der Waals surface area contributed by atoms with Gasteiger partial charge in [-0.15, -0.1) is 29.3 Å². The molecule has 3 N–H and O–H groups in total. The number of ether oxygens (including phenoxy) is 2. The van der Waals surface area contributed by atoms with Crippen molar-refractivity contribution < 1.29 is 32.3 Å². The normalized spacial score (nSPS) is 22.0. The van der Waals surface area contributed by atoms with Gasteiger partial charge in [-0.1, -0.05) is 42.5 Å². The van der Waals surface area contributed by atoms with Gasteiger partial charge in [0.05, 0.1) is 35.7 Å². The molecule has 8 rings (SSSR count). The molecule has 3 amide bonds. The van der Waals surface area contributed by atoms with Crippen molar-refractivity contribution in [3.05, 3.63) is 89.4 Å². The zero-order valence-electron chi connectivity index (χ0n) is 31.9. The van der Waals surface area contributed by atoms with Crippen LogP contribution in [-0.2, 0) is 24.4 Å². The van der Waals surface area contributed by atoms with E-state index in [4.69, 9.17) is 26.1 Å². The molecule has 58 heavy (non-hydrogen) atoms. The molecule has 2 aromatic carbocycles. The lowest BCUT2D eigenvalue weighted by atomic mass is 10.1. The highest BCUT2D eigenvalue weighted by Crippen LogP contribution is 2.46. The highest BCUT2D eigenvalue weighted by atomic mass is 35.5. The minimum atomic E-state index is -3.90. The fourth-order valence-corrected chi connectivity index (χ4v) is 11.0. The first-order valence-corrected chi connectivity index (χ1v) is 22.3. The quantitative estimate of drug-likeness (QED) is 0.103. The van der Waals surface area contributed by atoms with Gasteiger partial charge in [-0.05, 0) is 73.9 Å². The second-order valence-corrected chi connectivity index (χ2v) is 19.3. The Labute approximate surface area is 348 Å². The number of benzene rings is 2. The lowest BCUT2D eigenvalue weighted by Gasteiger charge is -2.30. The third kappa shape index (κ3) is 7.42. The zero-order chi connectivity index (χ0) is 41.1. The number of carbonyl (C=O) groups is 3. The molecule has 1 saturated heterocycles. The number of aryl methyl sites for hydroxylation is 1. The zero-order valence-corrected chi connectivity index (χ0v) is 35.1. The maximum absolute atomic E-state index is 14.7. The SMILES string of the molecule is C=C[C@@H]1C[C@]1(NC(=O)[C@@H]1C[C@@H](Oc2ncc(OC)c3ccc(Cl)cc23)CN1C(=O)[C@@H](Nc1nc(-c2sc3ccccc3c2C)cs1)C(=C)C)C(=O)NS(=O)(=O)C1CC1. The third-order valence-corrected chi connectivity index (χ3v) is 15.1. The number of thiophene rings is 1. The molecule has 0 radical (unpaired) electrons. The molecule has 1 aliphatic heterocycles. The highest BCUT2D eigenvalue weighted by Gasteiger charge is 2.62. The molecule has 5 atom stereocenters. The van der Waals surface area contributed by atoms with E-state index in [1.54, 1.807) is 36.5 Å². The summed E-state index contributed by atoms with van der Waals surface area (Å²) in [6.45, 7) is 11.7. The molecule has 5 aromatic rings. The highest BCUT2D eigenvalue weighted by molar-refractivity contribution is 7.91. The van der Waals surface area contributed by atoms with Crippen molar-refractivity contribution in [2.24, 2.45) is 5.92 Å². The van der Waals surface area contributed by atoms with Crippen LogP contribution in [0.2, 0.25) is 5.02 Å². The summed E-state index contributed by atoms with van der Waals surface area (Å²) in [5.41, 5.74) is 0.830. The number of thiazole rings is 1. The van der Waals surface area contributed by atoms with Gasteiger partial charge < -0.3 is 25.0 Å². The Morgan fingerprint density at radius 2 is 1.91 bits per heavy atom. The van der Waals surface area contributed by atoms with E-state index in [2.05, 4.69) is 52.6 Å². The summed E-state index contributed by atoms with van der Waals surface area (Å²) in [6.07, 6.45) is 3.41. The number of hydrogen-bond donors (Lipinski definition) is 3. The van der Waals surface area contributed by atoms with Crippen LogP contribution in [0.15, 0.2) is 78.8 Å². The number of methoxy groups -OCH3 is 1. The van der Waals surface area contributed by atoms with Crippen LogP contribution in [0, 0.1) is 12.8 Å².